The van der Waals surface area contributed by atoms with E-state index in [1.165, 1.54) is 61.4 Å². The fourth-order valence-electron chi connectivity index (χ4n) is 16.4. The Morgan fingerprint density at radius 2 is 1.00 bits per heavy atom. The number of para-hydroxylation sites is 2. The number of ketones is 1. The summed E-state index contributed by atoms with van der Waals surface area (Å²) < 4.78 is 103. The van der Waals surface area contributed by atoms with Gasteiger partial charge in [-0.1, -0.05) is 171 Å². The highest BCUT2D eigenvalue weighted by molar-refractivity contribution is 7.86. The van der Waals surface area contributed by atoms with E-state index in [1.54, 1.807) is 0 Å². The van der Waals surface area contributed by atoms with Crippen LogP contribution in [0.15, 0.2) is 243 Å². The lowest BCUT2D eigenvalue weighted by Crippen LogP contribution is -2.28. The second-order valence-corrected chi connectivity index (χ2v) is 36.5. The third kappa shape index (κ3) is 20.9. The minimum absolute atomic E-state index is 0.0686. The lowest BCUT2D eigenvalue weighted by molar-refractivity contribution is -0.439. The molecule has 2 N–H and O–H groups in total. The molecule has 1 fully saturated rings. The molecule has 8 aromatic carbocycles. The van der Waals surface area contributed by atoms with Crippen molar-refractivity contribution in [2.45, 2.75) is 174 Å². The number of nitrogens with one attached hydrogen (secondary N) is 1. The number of hydrogen-bond acceptors (Lipinski definition) is 12. The molecule has 0 amide bonds. The predicted molar refractivity (Wildman–Crippen MR) is 456 cm³/mol. The zero-order valence-corrected chi connectivity index (χ0v) is 68.7. The van der Waals surface area contributed by atoms with E-state index >= 15 is 0 Å². The summed E-state index contributed by atoms with van der Waals surface area (Å²) in [5, 5.41) is 12.1. The van der Waals surface area contributed by atoms with Crippen LogP contribution in [-0.2, 0) is 51.4 Å². The van der Waals surface area contributed by atoms with E-state index in [0.29, 0.717) is 57.4 Å². The highest BCUT2D eigenvalue weighted by atomic mass is 35.5. The normalized spacial score (nSPS) is 18.6. The fraction of sp³-hybridized carbons (Fsp3) is 0.363. The zero-order valence-electron chi connectivity index (χ0n) is 64.8. The summed E-state index contributed by atoms with van der Waals surface area (Å²) in [7, 11) is -12.4. The Morgan fingerprint density at radius 1 is 0.505 bits per heavy atom. The summed E-state index contributed by atoms with van der Waals surface area (Å²) in [6.07, 6.45) is 26.3. The lowest BCUT2D eigenvalue weighted by atomic mass is 9.78. The molecule has 20 heteroatoms. The minimum atomic E-state index is -4.29. The lowest BCUT2D eigenvalue weighted by Gasteiger charge is -2.27. The van der Waals surface area contributed by atoms with Crippen molar-refractivity contribution in [3.8, 4) is 0 Å². The molecule has 3 aliphatic carbocycles. The Bertz CT molecular complexity index is 5440. The van der Waals surface area contributed by atoms with Gasteiger partial charge in [-0.15, -0.1) is 0 Å². The van der Waals surface area contributed by atoms with Gasteiger partial charge in [0.1, 0.15) is 18.9 Å². The molecule has 0 aromatic heterocycles. The van der Waals surface area contributed by atoms with Gasteiger partial charge in [-0.25, -0.2) is 16.8 Å². The first-order valence-electron chi connectivity index (χ1n) is 38.8. The van der Waals surface area contributed by atoms with Gasteiger partial charge in [-0.3, -0.25) is 14.3 Å². The maximum atomic E-state index is 11.5. The Hall–Kier alpha value is -8.43. The van der Waals surface area contributed by atoms with Gasteiger partial charge in [0.15, 0.2) is 11.4 Å². The third-order valence-corrected chi connectivity index (χ3v) is 25.6. The molecule has 111 heavy (non-hydrogen) atoms. The molecule has 584 valence electrons. The Labute approximate surface area is 667 Å². The van der Waals surface area contributed by atoms with Crippen molar-refractivity contribution < 1.29 is 52.9 Å². The van der Waals surface area contributed by atoms with Crippen LogP contribution in [0.4, 0.5) is 28.4 Å². The SMILES string of the molecule is CC1(C)C(=CC=C2CCCC(C=CC3=[N+](CCCCS(=O)(=O)O)c4ccc5ccccc5c4C3(C)C)=C2Cl)N(CCCCS(=O)(=O)[O-])c2ccc3ccccc3c21.CC1=[N+](CCCCS(=O)(=O)[O-])c2ccc3ccccc3c2C1(C)C.ClC1=C(C=Nc2ccccc2)CCC/C1=C\Nc1ccccc1.O=C1CCCCC1. The molecule has 0 spiro atoms. The summed E-state index contributed by atoms with van der Waals surface area (Å²) in [6, 6.07) is 58.1. The number of unbranched alkanes of at least 4 members (excludes halogenated alkanes) is 3. The standard InChI is InChI=1S/C46H51ClN2O6S2.C20H19ClN2.C19H23NO3S.C6H10O/c1-45(2)40(48(28-9-11-30-56(50,51)52)38-24-20-32-14-5-7-18-36(32)42(38)45)26-22-34-16-13-17-35(44(34)47)23-27-41-46(3,4)43-37-19-8-6-15-33(37)21-25-39(43)49(41)29-10-12-31-57(53,54)55;21-20-16(14-22-18-10-3-1-4-11-18)8-7-9-17(20)15-23-19-12-5-2-6-13-19;1-14-19(2,3)18-16-9-5-4-8-15(16)10-11-17(18)20(14)12-6-7-13-24(21,22)23;7-6-4-2-1-3-5-6/h5-8,14-15,18-27H,9-13,16-17,28-31H2,1-4H3,(H-,50,51,52,53,54,55);1-6,10-15,22H,7-9H2;4-5,8-11H,6-7,12-13H2,1-3H3;1-5H2/b;16-14+,23-15?;;. The van der Waals surface area contributed by atoms with Crippen molar-refractivity contribution in [1.29, 1.82) is 0 Å². The molecule has 0 unspecified atom stereocenters. The van der Waals surface area contributed by atoms with Gasteiger partial charge in [-0.05, 0) is 213 Å². The van der Waals surface area contributed by atoms with Crippen LogP contribution in [0.25, 0.3) is 32.3 Å². The van der Waals surface area contributed by atoms with E-state index < -0.39 is 30.4 Å². The van der Waals surface area contributed by atoms with Crippen molar-refractivity contribution in [1.82, 2.24) is 0 Å². The maximum Gasteiger partial charge on any atom is 0.264 e. The van der Waals surface area contributed by atoms with Gasteiger partial charge < -0.3 is 19.3 Å². The average molecular weight is 1590 g/mol. The quantitative estimate of drug-likeness (QED) is 0.0280. The zero-order chi connectivity index (χ0) is 79.3. The van der Waals surface area contributed by atoms with Crippen LogP contribution in [0.2, 0.25) is 0 Å². The van der Waals surface area contributed by atoms with Crippen LogP contribution in [0.1, 0.15) is 174 Å². The van der Waals surface area contributed by atoms with Crippen LogP contribution >= 0.6 is 23.2 Å². The van der Waals surface area contributed by atoms with Crippen LogP contribution in [0.5, 0.6) is 0 Å². The van der Waals surface area contributed by atoms with E-state index in [4.69, 9.17) is 23.2 Å². The predicted octanol–water partition coefficient (Wildman–Crippen LogP) is 21.3. The summed E-state index contributed by atoms with van der Waals surface area (Å²) in [4.78, 5) is 17.3. The van der Waals surface area contributed by atoms with Crippen LogP contribution in [-0.4, -0.2) is 108 Å². The van der Waals surface area contributed by atoms with Crippen molar-refractivity contribution in [2.75, 3.05) is 47.1 Å². The number of anilines is 2. The van der Waals surface area contributed by atoms with E-state index in [0.717, 1.165) is 143 Å². The first-order chi connectivity index (χ1) is 52.9. The van der Waals surface area contributed by atoms with Crippen molar-refractivity contribution >= 4 is 138 Å². The highest BCUT2D eigenvalue weighted by Gasteiger charge is 2.47. The van der Waals surface area contributed by atoms with E-state index in [-0.39, 0.29) is 33.5 Å². The van der Waals surface area contributed by atoms with Gasteiger partial charge >= 0.3 is 0 Å². The molecule has 0 saturated heterocycles. The number of carbonyl (C=O) groups is 1. The number of halogens is 2. The highest BCUT2D eigenvalue weighted by Crippen LogP contribution is 2.52. The number of benzene rings is 8. The van der Waals surface area contributed by atoms with Crippen LogP contribution in [0.3, 0.4) is 0 Å². The van der Waals surface area contributed by atoms with Crippen molar-refractivity contribution in [3.63, 3.8) is 0 Å². The number of carbonyl (C=O) groups excluding carboxylic acids is 1. The fourth-order valence-corrected chi connectivity index (χ4v) is 18.7. The average Bonchev–Trinajstić information content (AvgIpc) is 1.60. The summed E-state index contributed by atoms with van der Waals surface area (Å²) in [5.41, 5.74) is 16.2. The molecule has 0 bridgehead atoms. The summed E-state index contributed by atoms with van der Waals surface area (Å²) >= 11 is 13.8. The van der Waals surface area contributed by atoms with Gasteiger partial charge in [0.25, 0.3) is 10.1 Å². The maximum absolute atomic E-state index is 11.5. The molecule has 8 aromatic rings. The molecular formula is C91H103Cl2N5O10S3. The number of hydrogen-bond donors (Lipinski definition) is 2. The largest absolute Gasteiger partial charge is 0.748 e. The molecule has 3 heterocycles. The molecule has 15 nitrogen and oxygen atoms in total. The number of rotatable bonds is 22. The molecule has 1 saturated carbocycles. The van der Waals surface area contributed by atoms with Crippen LogP contribution < -0.4 is 10.2 Å². The molecular weight excluding hydrogens is 1490 g/mol. The summed E-state index contributed by atoms with van der Waals surface area (Å²) in [5.74, 6) is -0.462. The first kappa shape index (κ1) is 83.5. The third-order valence-electron chi connectivity index (χ3n) is 22.2. The molecule has 14 rings (SSSR count). The number of fused-ring (bicyclic) bond motifs is 9. The minimum Gasteiger partial charge on any atom is -0.748 e. The number of aliphatic imine (C=N–C) groups is 1. The molecule has 0 atom stereocenters. The van der Waals surface area contributed by atoms with Gasteiger partial charge in [-0.2, -0.15) is 17.6 Å². The van der Waals surface area contributed by atoms with E-state index in [2.05, 4.69) is 188 Å². The Balaban J connectivity index is 0.000000183. The number of allylic oxidation sites excluding steroid dienone is 11. The second kappa shape index (κ2) is 36.6. The van der Waals surface area contributed by atoms with Crippen molar-refractivity contribution in [3.05, 3.63) is 255 Å². The monoisotopic (exact) mass is 1590 g/mol. The second-order valence-electron chi connectivity index (χ2n) is 31.1. The molecule has 6 aliphatic rings. The molecule has 0 radical (unpaired) electrons. The molecule has 3 aliphatic heterocycles. The van der Waals surface area contributed by atoms with Gasteiger partial charge in [0, 0.05) is 125 Å². The van der Waals surface area contributed by atoms with E-state index in [1.807, 2.05) is 91.3 Å². The van der Waals surface area contributed by atoms with Crippen molar-refractivity contribution in [2.24, 2.45) is 4.99 Å². The number of nitrogens with zero attached hydrogens (tertiary/aromatic N) is 4. The Morgan fingerprint density at radius 3 is 1.58 bits per heavy atom. The van der Waals surface area contributed by atoms with Gasteiger partial charge in [0.2, 0.25) is 11.4 Å². The summed E-state index contributed by atoms with van der Waals surface area (Å²) in [6.45, 7) is 17.4. The van der Waals surface area contributed by atoms with E-state index in [9.17, 15) is 43.7 Å². The van der Waals surface area contributed by atoms with Crippen LogP contribution in [0, 0.1) is 0 Å². The topological polar surface area (TPSA) is 219 Å². The number of Topliss-reactive ketones (excluding diaryl/α,β-unsaturated/α-hetero) is 1. The van der Waals surface area contributed by atoms with Gasteiger partial charge in [0.05, 0.1) is 42.5 Å². The first-order valence-corrected chi connectivity index (χ1v) is 44.4. The smallest absolute Gasteiger partial charge is 0.264 e. The Kier molecular flexibility index (Phi) is 27.5.